The maximum atomic E-state index is 11.3. The predicted octanol–water partition coefficient (Wildman–Crippen LogP) is 1.88. The fourth-order valence-electron chi connectivity index (χ4n) is 3.32. The van der Waals surface area contributed by atoms with Crippen molar-refractivity contribution in [1.82, 2.24) is 5.32 Å². The molecule has 18 heavy (non-hydrogen) atoms. The number of rotatable bonds is 1. The number of carbonyl (C=O) groups excluding carboxylic acids is 1. The molecule has 0 radical (unpaired) electrons. The summed E-state index contributed by atoms with van der Waals surface area (Å²) in [4.78, 5) is 11.3. The van der Waals surface area contributed by atoms with Gasteiger partial charge in [-0.3, -0.25) is 0 Å². The van der Waals surface area contributed by atoms with Crippen molar-refractivity contribution in [2.24, 2.45) is 0 Å². The van der Waals surface area contributed by atoms with Crippen LogP contribution >= 0.6 is 0 Å². The molecule has 1 aromatic rings. The Hall–Kier alpha value is -1.55. The van der Waals surface area contributed by atoms with Crippen molar-refractivity contribution in [3.63, 3.8) is 0 Å². The van der Waals surface area contributed by atoms with Crippen molar-refractivity contribution in [2.75, 3.05) is 7.11 Å². The number of benzene rings is 1. The van der Waals surface area contributed by atoms with Crippen LogP contribution in [0.25, 0.3) is 0 Å². The normalized spacial score (nSPS) is 28.7. The number of amides is 1. The fraction of sp³-hybridized carbons (Fsp3) is 0.500. The Morgan fingerprint density at radius 2 is 2.33 bits per heavy atom. The lowest BCUT2D eigenvalue weighted by molar-refractivity contribution is 0.0988. The molecule has 4 heteroatoms. The molecule has 3 rings (SSSR count). The number of aliphatic hydroxyl groups excluding tert-OH is 1. The first-order valence-electron chi connectivity index (χ1n) is 6.35. The minimum absolute atomic E-state index is 0.247. The molecule has 0 bridgehead atoms. The number of nitrogens with one attached hydrogen (secondary N) is 1. The van der Waals surface area contributed by atoms with Crippen LogP contribution in [0.4, 0.5) is 4.79 Å². The Morgan fingerprint density at radius 3 is 3.11 bits per heavy atom. The van der Waals surface area contributed by atoms with E-state index in [1.54, 1.807) is 0 Å². The number of ether oxygens (including phenoxy) is 1. The third-order valence-electron chi connectivity index (χ3n) is 4.13. The van der Waals surface area contributed by atoms with Gasteiger partial charge in [0.2, 0.25) is 0 Å². The first-order chi connectivity index (χ1) is 8.70. The van der Waals surface area contributed by atoms with E-state index in [1.807, 2.05) is 12.1 Å². The van der Waals surface area contributed by atoms with E-state index in [-0.39, 0.29) is 6.04 Å². The van der Waals surface area contributed by atoms with Gasteiger partial charge in [-0.25, -0.2) is 4.79 Å². The van der Waals surface area contributed by atoms with Gasteiger partial charge in [0.05, 0.1) is 19.3 Å². The van der Waals surface area contributed by atoms with Gasteiger partial charge < -0.3 is 15.2 Å². The van der Waals surface area contributed by atoms with Crippen molar-refractivity contribution in [2.45, 2.75) is 37.3 Å². The van der Waals surface area contributed by atoms with Crippen LogP contribution in [0.3, 0.4) is 0 Å². The predicted molar refractivity (Wildman–Crippen MR) is 66.4 cm³/mol. The second kappa shape index (κ2) is 4.28. The van der Waals surface area contributed by atoms with Gasteiger partial charge in [0, 0.05) is 0 Å². The fourth-order valence-corrected chi connectivity index (χ4v) is 3.32. The smallest absolute Gasteiger partial charge is 0.407 e. The third kappa shape index (κ3) is 1.68. The van der Waals surface area contributed by atoms with Crippen LogP contribution < -0.4 is 5.32 Å². The summed E-state index contributed by atoms with van der Waals surface area (Å²) >= 11 is 0. The molecule has 0 aromatic heterocycles. The Balaban J connectivity index is 1.92. The average molecular weight is 247 g/mol. The Kier molecular flexibility index (Phi) is 2.74. The van der Waals surface area contributed by atoms with Crippen LogP contribution in [-0.2, 0) is 11.2 Å². The molecule has 96 valence electrons. The lowest BCUT2D eigenvalue weighted by Gasteiger charge is -2.33. The molecule has 2 aliphatic carbocycles. The first-order valence-corrected chi connectivity index (χ1v) is 6.35. The standard InChI is InChI=1S/C14H17NO3/c1-18-14(17)15-11-7-9-6-5-8-3-2-4-10(12(8)9)13(11)16/h2-4,9,11,13,16H,5-7H2,1H3,(H,15,17)/t9-,11-,13+/m1/s1. The van der Waals surface area contributed by atoms with E-state index in [9.17, 15) is 9.90 Å². The number of hydrogen-bond donors (Lipinski definition) is 2. The molecule has 0 heterocycles. The van der Waals surface area contributed by atoms with E-state index in [4.69, 9.17) is 0 Å². The topological polar surface area (TPSA) is 58.6 Å². The summed E-state index contributed by atoms with van der Waals surface area (Å²) < 4.78 is 4.61. The molecule has 1 amide bonds. The molecule has 0 saturated heterocycles. The maximum Gasteiger partial charge on any atom is 0.407 e. The summed E-state index contributed by atoms with van der Waals surface area (Å²) in [6, 6.07) is 5.84. The van der Waals surface area contributed by atoms with Crippen molar-refractivity contribution in [1.29, 1.82) is 0 Å². The zero-order valence-corrected chi connectivity index (χ0v) is 10.3. The lowest BCUT2D eigenvalue weighted by atomic mass is 9.79. The third-order valence-corrected chi connectivity index (χ3v) is 4.13. The van der Waals surface area contributed by atoms with E-state index in [0.29, 0.717) is 5.92 Å². The van der Waals surface area contributed by atoms with E-state index < -0.39 is 12.2 Å². The molecule has 2 aliphatic rings. The van der Waals surface area contributed by atoms with Gasteiger partial charge in [-0.05, 0) is 41.9 Å². The van der Waals surface area contributed by atoms with Crippen LogP contribution in [0, 0.1) is 0 Å². The van der Waals surface area contributed by atoms with Crippen molar-refractivity contribution in [3.05, 3.63) is 34.9 Å². The zero-order chi connectivity index (χ0) is 12.7. The summed E-state index contributed by atoms with van der Waals surface area (Å²) in [5, 5.41) is 13.1. The first kappa shape index (κ1) is 11.5. The van der Waals surface area contributed by atoms with Crippen LogP contribution in [-0.4, -0.2) is 24.4 Å². The summed E-state index contributed by atoms with van der Waals surface area (Å²) in [6.07, 6.45) is 1.87. The molecule has 0 spiro atoms. The van der Waals surface area contributed by atoms with Crippen LogP contribution in [0.1, 0.15) is 41.6 Å². The second-order valence-electron chi connectivity index (χ2n) is 5.08. The van der Waals surface area contributed by atoms with Gasteiger partial charge in [0.1, 0.15) is 0 Å². The molecule has 2 N–H and O–H groups in total. The van der Waals surface area contributed by atoms with Crippen LogP contribution in [0.15, 0.2) is 18.2 Å². The molecular formula is C14H17NO3. The number of alkyl carbamates (subject to hydrolysis) is 1. The molecule has 0 unspecified atom stereocenters. The molecule has 4 nitrogen and oxygen atoms in total. The van der Waals surface area contributed by atoms with Crippen molar-refractivity contribution in [3.8, 4) is 0 Å². The molecule has 0 saturated carbocycles. The van der Waals surface area contributed by atoms with Crippen molar-refractivity contribution >= 4 is 6.09 Å². The van der Waals surface area contributed by atoms with Crippen LogP contribution in [0.5, 0.6) is 0 Å². The molecule has 0 aliphatic heterocycles. The van der Waals surface area contributed by atoms with E-state index >= 15 is 0 Å². The highest BCUT2D eigenvalue weighted by atomic mass is 16.5. The van der Waals surface area contributed by atoms with Gasteiger partial charge in [0.25, 0.3) is 0 Å². The second-order valence-corrected chi connectivity index (χ2v) is 5.08. The highest BCUT2D eigenvalue weighted by molar-refractivity contribution is 5.67. The van der Waals surface area contributed by atoms with Gasteiger partial charge in [-0.15, -0.1) is 0 Å². The van der Waals surface area contributed by atoms with E-state index in [0.717, 1.165) is 24.8 Å². The lowest BCUT2D eigenvalue weighted by Crippen LogP contribution is -2.42. The van der Waals surface area contributed by atoms with Gasteiger partial charge in [0.15, 0.2) is 0 Å². The molecule has 3 atom stereocenters. The SMILES string of the molecule is COC(=O)N[C@@H]1C[C@H]2CCc3cccc(c32)[C@@H]1O. The summed E-state index contributed by atoms with van der Waals surface area (Å²) in [5.74, 6) is 0.460. The maximum absolute atomic E-state index is 11.3. The average Bonchev–Trinajstić information content (AvgIpc) is 2.79. The van der Waals surface area contributed by atoms with Crippen molar-refractivity contribution < 1.29 is 14.6 Å². The summed E-state index contributed by atoms with van der Waals surface area (Å²) in [7, 11) is 1.34. The Morgan fingerprint density at radius 1 is 1.50 bits per heavy atom. The van der Waals surface area contributed by atoms with Gasteiger partial charge in [-0.2, -0.15) is 0 Å². The van der Waals surface area contributed by atoms with Gasteiger partial charge >= 0.3 is 6.09 Å². The highest BCUT2D eigenvalue weighted by Crippen LogP contribution is 2.46. The number of hydrogen-bond acceptors (Lipinski definition) is 3. The number of methoxy groups -OCH3 is 1. The largest absolute Gasteiger partial charge is 0.453 e. The quantitative estimate of drug-likeness (QED) is 0.796. The minimum Gasteiger partial charge on any atom is -0.453 e. The van der Waals surface area contributed by atoms with Gasteiger partial charge in [-0.1, -0.05) is 18.2 Å². The Labute approximate surface area is 106 Å². The highest BCUT2D eigenvalue weighted by Gasteiger charge is 2.38. The summed E-state index contributed by atoms with van der Waals surface area (Å²) in [5.41, 5.74) is 3.64. The Bertz CT molecular complexity index is 486. The zero-order valence-electron chi connectivity index (χ0n) is 10.3. The number of aliphatic hydroxyl groups is 1. The summed E-state index contributed by atoms with van der Waals surface area (Å²) in [6.45, 7) is 0. The number of carbonyl (C=O) groups is 1. The molecule has 1 aromatic carbocycles. The minimum atomic E-state index is -0.631. The molecular weight excluding hydrogens is 230 g/mol. The van der Waals surface area contributed by atoms with Crippen LogP contribution in [0.2, 0.25) is 0 Å². The molecule has 0 fully saturated rings. The monoisotopic (exact) mass is 247 g/mol. The number of aryl methyl sites for hydroxylation is 1. The van der Waals surface area contributed by atoms with E-state index in [1.165, 1.54) is 18.2 Å². The van der Waals surface area contributed by atoms with E-state index in [2.05, 4.69) is 16.1 Å².